The van der Waals surface area contributed by atoms with Crippen LogP contribution >= 0.6 is 0 Å². The fourth-order valence-electron chi connectivity index (χ4n) is 3.76. The molecule has 4 rings (SSSR count). The van der Waals surface area contributed by atoms with E-state index in [0.29, 0.717) is 52.6 Å². The molecule has 9 nitrogen and oxygen atoms in total. The van der Waals surface area contributed by atoms with Gasteiger partial charge in [-0.2, -0.15) is 0 Å². The second kappa shape index (κ2) is 10.8. The van der Waals surface area contributed by atoms with Gasteiger partial charge in [0, 0.05) is 29.6 Å². The van der Waals surface area contributed by atoms with Gasteiger partial charge in [-0.25, -0.2) is 9.78 Å². The van der Waals surface area contributed by atoms with Gasteiger partial charge in [0.25, 0.3) is 5.56 Å². The van der Waals surface area contributed by atoms with E-state index in [0.717, 1.165) is 5.56 Å². The van der Waals surface area contributed by atoms with E-state index < -0.39 is 6.03 Å². The normalized spacial score (nSPS) is 10.8. The van der Waals surface area contributed by atoms with Gasteiger partial charge in [-0.1, -0.05) is 12.1 Å². The third-order valence-corrected chi connectivity index (χ3v) is 5.61. The van der Waals surface area contributed by atoms with Gasteiger partial charge in [0.2, 0.25) is 0 Å². The Morgan fingerprint density at radius 1 is 0.944 bits per heavy atom. The maximum Gasteiger partial charge on any atom is 0.323 e. The lowest BCUT2D eigenvalue weighted by molar-refractivity contribution is 0.101. The third-order valence-electron chi connectivity index (χ3n) is 5.61. The molecule has 3 aromatic carbocycles. The molecule has 0 spiro atoms. The Hall–Kier alpha value is -4.50. The lowest BCUT2D eigenvalue weighted by atomic mass is 10.1. The summed E-state index contributed by atoms with van der Waals surface area (Å²) in [5.74, 6) is 1.11. The molecule has 0 saturated heterocycles. The number of anilines is 2. The third kappa shape index (κ3) is 5.42. The standard InChI is InChI=1S/C27H26N4O5/c1-17(32)19-5-4-6-20(15-19)28-27(34)29-21-9-12-24-23(16-21)26(33)31(13-14-35-2)25(30-24)18-7-10-22(36-3)11-8-18/h4-12,15-16H,13-14H2,1-3H3,(H2,28,29,34). The van der Waals surface area contributed by atoms with Crippen molar-refractivity contribution < 1.29 is 19.1 Å². The number of ether oxygens (including phenoxy) is 2. The first-order valence-corrected chi connectivity index (χ1v) is 11.3. The molecule has 184 valence electrons. The lowest BCUT2D eigenvalue weighted by Gasteiger charge is -2.15. The number of nitrogens with zero attached hydrogens (tertiary/aromatic N) is 2. The second-order valence-electron chi connectivity index (χ2n) is 8.06. The molecular formula is C27H26N4O5. The molecule has 36 heavy (non-hydrogen) atoms. The molecule has 0 aliphatic carbocycles. The summed E-state index contributed by atoms with van der Waals surface area (Å²) < 4.78 is 12.0. The van der Waals surface area contributed by atoms with Crippen LogP contribution in [0.15, 0.2) is 71.5 Å². The van der Waals surface area contributed by atoms with Gasteiger partial charge in [0.1, 0.15) is 11.6 Å². The van der Waals surface area contributed by atoms with Crippen molar-refractivity contribution in [3.8, 4) is 17.1 Å². The van der Waals surface area contributed by atoms with Crippen LogP contribution in [0.3, 0.4) is 0 Å². The number of urea groups is 1. The van der Waals surface area contributed by atoms with E-state index in [1.54, 1.807) is 61.3 Å². The van der Waals surface area contributed by atoms with Crippen LogP contribution in [0.1, 0.15) is 17.3 Å². The van der Waals surface area contributed by atoms with Gasteiger partial charge >= 0.3 is 6.03 Å². The van der Waals surface area contributed by atoms with E-state index in [1.807, 2.05) is 24.3 Å². The Morgan fingerprint density at radius 2 is 1.67 bits per heavy atom. The smallest absolute Gasteiger partial charge is 0.323 e. The van der Waals surface area contributed by atoms with Gasteiger partial charge in [-0.15, -0.1) is 0 Å². The number of hydrogen-bond donors (Lipinski definition) is 2. The maximum absolute atomic E-state index is 13.5. The molecule has 1 heterocycles. The van der Waals surface area contributed by atoms with E-state index in [2.05, 4.69) is 10.6 Å². The molecule has 9 heteroatoms. The zero-order valence-electron chi connectivity index (χ0n) is 20.2. The molecule has 2 N–H and O–H groups in total. The molecule has 0 saturated carbocycles. The van der Waals surface area contributed by atoms with Gasteiger partial charge in [-0.3, -0.25) is 14.2 Å². The van der Waals surface area contributed by atoms with Crippen LogP contribution in [0.4, 0.5) is 16.2 Å². The summed E-state index contributed by atoms with van der Waals surface area (Å²) in [5.41, 5.74) is 2.42. The van der Waals surface area contributed by atoms with Gasteiger partial charge < -0.3 is 20.1 Å². The van der Waals surface area contributed by atoms with Crippen molar-refractivity contribution in [1.29, 1.82) is 0 Å². The quantitative estimate of drug-likeness (QED) is 0.353. The van der Waals surface area contributed by atoms with E-state index in [9.17, 15) is 14.4 Å². The number of methoxy groups -OCH3 is 2. The highest BCUT2D eigenvalue weighted by Crippen LogP contribution is 2.23. The summed E-state index contributed by atoms with van der Waals surface area (Å²) in [6, 6.07) is 18.4. The first kappa shape index (κ1) is 24.6. The van der Waals surface area contributed by atoms with Crippen molar-refractivity contribution in [2.75, 3.05) is 31.5 Å². The van der Waals surface area contributed by atoms with Crippen LogP contribution in [0.2, 0.25) is 0 Å². The zero-order chi connectivity index (χ0) is 25.7. The van der Waals surface area contributed by atoms with Gasteiger partial charge in [0.05, 0.1) is 31.2 Å². The molecule has 0 atom stereocenters. The second-order valence-corrected chi connectivity index (χ2v) is 8.06. The minimum atomic E-state index is -0.502. The molecule has 1 aromatic heterocycles. The Labute approximate surface area is 207 Å². The number of carbonyl (C=O) groups excluding carboxylic acids is 2. The Kier molecular flexibility index (Phi) is 7.41. The van der Waals surface area contributed by atoms with Crippen LogP contribution in [-0.2, 0) is 11.3 Å². The average molecular weight is 487 g/mol. The van der Waals surface area contributed by atoms with Crippen molar-refractivity contribution in [3.05, 3.63) is 82.6 Å². The number of rotatable bonds is 8. The van der Waals surface area contributed by atoms with E-state index >= 15 is 0 Å². The van der Waals surface area contributed by atoms with Crippen molar-refractivity contribution in [2.45, 2.75) is 13.5 Å². The molecule has 0 aliphatic rings. The Balaban J connectivity index is 1.65. The van der Waals surface area contributed by atoms with Crippen molar-refractivity contribution in [2.24, 2.45) is 0 Å². The first-order chi connectivity index (χ1) is 17.4. The number of aromatic nitrogens is 2. The monoisotopic (exact) mass is 486 g/mol. The predicted molar refractivity (Wildman–Crippen MR) is 139 cm³/mol. The maximum atomic E-state index is 13.5. The molecule has 0 unspecified atom stereocenters. The summed E-state index contributed by atoms with van der Waals surface area (Å²) in [6.07, 6.45) is 0. The number of Topliss-reactive ketones (excluding diaryl/α,β-unsaturated/α-hetero) is 1. The predicted octanol–water partition coefficient (Wildman–Crippen LogP) is 4.57. The van der Waals surface area contributed by atoms with Crippen molar-refractivity contribution in [3.63, 3.8) is 0 Å². The number of nitrogens with one attached hydrogen (secondary N) is 2. The highest BCUT2D eigenvalue weighted by Gasteiger charge is 2.14. The first-order valence-electron chi connectivity index (χ1n) is 11.3. The molecule has 0 aliphatic heterocycles. The number of hydrogen-bond acceptors (Lipinski definition) is 6. The number of ketones is 1. The van der Waals surface area contributed by atoms with Gasteiger partial charge in [0.15, 0.2) is 5.78 Å². The summed E-state index contributed by atoms with van der Waals surface area (Å²) in [5, 5.41) is 5.79. The number of carbonyl (C=O) groups is 2. The van der Waals surface area contributed by atoms with E-state index in [4.69, 9.17) is 14.5 Å². The topological polar surface area (TPSA) is 112 Å². The minimum absolute atomic E-state index is 0.0974. The largest absolute Gasteiger partial charge is 0.497 e. The zero-order valence-corrected chi connectivity index (χ0v) is 20.2. The Bertz CT molecular complexity index is 1480. The van der Waals surface area contributed by atoms with Crippen LogP contribution < -0.4 is 20.9 Å². The van der Waals surface area contributed by atoms with Crippen LogP contribution in [-0.4, -0.2) is 42.2 Å². The summed E-state index contributed by atoms with van der Waals surface area (Å²) >= 11 is 0. The molecule has 0 bridgehead atoms. The van der Waals surface area contributed by atoms with Gasteiger partial charge in [-0.05, 0) is 61.5 Å². The highest BCUT2D eigenvalue weighted by molar-refractivity contribution is 6.02. The SMILES string of the molecule is COCCn1c(-c2ccc(OC)cc2)nc2ccc(NC(=O)Nc3cccc(C(C)=O)c3)cc2c1=O. The van der Waals surface area contributed by atoms with E-state index in [-0.39, 0.29) is 11.3 Å². The summed E-state index contributed by atoms with van der Waals surface area (Å²) in [4.78, 5) is 42.3. The fourth-order valence-corrected chi connectivity index (χ4v) is 3.76. The van der Waals surface area contributed by atoms with Crippen LogP contribution in [0.5, 0.6) is 5.75 Å². The van der Waals surface area contributed by atoms with Crippen molar-refractivity contribution >= 4 is 34.1 Å². The van der Waals surface area contributed by atoms with Crippen LogP contribution in [0, 0.1) is 0 Å². The summed E-state index contributed by atoms with van der Waals surface area (Å²) in [7, 11) is 3.16. The highest BCUT2D eigenvalue weighted by atomic mass is 16.5. The Morgan fingerprint density at radius 3 is 2.33 bits per heavy atom. The molecular weight excluding hydrogens is 460 g/mol. The minimum Gasteiger partial charge on any atom is -0.497 e. The number of benzene rings is 3. The number of amides is 2. The lowest BCUT2D eigenvalue weighted by Crippen LogP contribution is -2.26. The number of fused-ring (bicyclic) bond motifs is 1. The summed E-state index contributed by atoms with van der Waals surface area (Å²) in [6.45, 7) is 2.10. The molecule has 0 fully saturated rings. The molecule has 2 amide bonds. The molecule has 4 aromatic rings. The van der Waals surface area contributed by atoms with Crippen molar-refractivity contribution in [1.82, 2.24) is 9.55 Å². The average Bonchev–Trinajstić information content (AvgIpc) is 2.88. The van der Waals surface area contributed by atoms with Crippen LogP contribution in [0.25, 0.3) is 22.3 Å². The van der Waals surface area contributed by atoms with E-state index in [1.165, 1.54) is 6.92 Å². The fraction of sp³-hybridized carbons (Fsp3) is 0.185. The molecule has 0 radical (unpaired) electrons.